The van der Waals surface area contributed by atoms with Gasteiger partial charge in [-0.25, -0.2) is 0 Å². The summed E-state index contributed by atoms with van der Waals surface area (Å²) >= 11 is 0. The minimum absolute atomic E-state index is 0.669. The third-order valence-corrected chi connectivity index (χ3v) is 1.89. The van der Waals surface area contributed by atoms with Gasteiger partial charge in [0.25, 0.3) is 0 Å². The molecule has 3 N–H and O–H groups in total. The highest BCUT2D eigenvalue weighted by Crippen LogP contribution is 2.00. The SMILES string of the molecule is C=CCc1ccc(CNCCN)cn1. The standard InChI is InChI=1S/C11H17N3/c1-2-3-11-5-4-10(9-14-11)8-13-7-6-12/h2,4-5,9,13H,1,3,6-8,12H2. The van der Waals surface area contributed by atoms with Gasteiger partial charge in [-0.3, -0.25) is 4.98 Å². The van der Waals surface area contributed by atoms with E-state index >= 15 is 0 Å². The van der Waals surface area contributed by atoms with Crippen LogP contribution in [-0.4, -0.2) is 18.1 Å². The minimum atomic E-state index is 0.669. The molecule has 1 aromatic rings. The predicted octanol–water partition coefficient (Wildman–Crippen LogP) is 0.858. The van der Waals surface area contributed by atoms with Crippen LogP contribution >= 0.6 is 0 Å². The first-order valence-electron chi connectivity index (χ1n) is 4.82. The van der Waals surface area contributed by atoms with E-state index in [0.29, 0.717) is 6.54 Å². The summed E-state index contributed by atoms with van der Waals surface area (Å²) in [5, 5.41) is 3.22. The molecule has 14 heavy (non-hydrogen) atoms. The number of nitrogens with one attached hydrogen (secondary N) is 1. The lowest BCUT2D eigenvalue weighted by molar-refractivity contribution is 0.692. The van der Waals surface area contributed by atoms with Crippen molar-refractivity contribution in [3.8, 4) is 0 Å². The predicted molar refractivity (Wildman–Crippen MR) is 58.9 cm³/mol. The first-order valence-corrected chi connectivity index (χ1v) is 4.82. The molecule has 0 saturated heterocycles. The van der Waals surface area contributed by atoms with Crippen LogP contribution in [0.15, 0.2) is 31.0 Å². The molecule has 76 valence electrons. The zero-order chi connectivity index (χ0) is 10.2. The molecule has 3 nitrogen and oxygen atoms in total. The van der Waals surface area contributed by atoms with Crippen molar-refractivity contribution in [3.63, 3.8) is 0 Å². The number of aromatic nitrogens is 1. The Morgan fingerprint density at radius 2 is 2.36 bits per heavy atom. The number of hydrogen-bond acceptors (Lipinski definition) is 3. The largest absolute Gasteiger partial charge is 0.329 e. The molecule has 0 atom stereocenters. The van der Waals surface area contributed by atoms with Crippen LogP contribution in [0.1, 0.15) is 11.3 Å². The Labute approximate surface area is 85.0 Å². The Hall–Kier alpha value is -1.19. The van der Waals surface area contributed by atoms with Gasteiger partial charge >= 0.3 is 0 Å². The molecule has 0 radical (unpaired) electrons. The number of allylic oxidation sites excluding steroid dienone is 1. The van der Waals surface area contributed by atoms with E-state index in [-0.39, 0.29) is 0 Å². The van der Waals surface area contributed by atoms with Crippen molar-refractivity contribution >= 4 is 0 Å². The van der Waals surface area contributed by atoms with Crippen molar-refractivity contribution in [1.82, 2.24) is 10.3 Å². The lowest BCUT2D eigenvalue weighted by Gasteiger charge is -2.03. The maximum atomic E-state index is 5.37. The summed E-state index contributed by atoms with van der Waals surface area (Å²) in [4.78, 5) is 4.30. The minimum Gasteiger partial charge on any atom is -0.329 e. The molecule has 3 heteroatoms. The Morgan fingerprint density at radius 3 is 2.93 bits per heavy atom. The molecule has 0 aliphatic heterocycles. The van der Waals surface area contributed by atoms with Gasteiger partial charge in [-0.1, -0.05) is 12.1 Å². The first kappa shape index (κ1) is 10.9. The Morgan fingerprint density at radius 1 is 1.50 bits per heavy atom. The van der Waals surface area contributed by atoms with E-state index in [2.05, 4.69) is 22.9 Å². The summed E-state index contributed by atoms with van der Waals surface area (Å²) in [6.45, 7) is 6.02. The van der Waals surface area contributed by atoms with Crippen LogP contribution in [0.2, 0.25) is 0 Å². The maximum absolute atomic E-state index is 5.37. The van der Waals surface area contributed by atoms with Crippen LogP contribution < -0.4 is 11.1 Å². The van der Waals surface area contributed by atoms with Crippen molar-refractivity contribution in [2.45, 2.75) is 13.0 Å². The highest BCUT2D eigenvalue weighted by molar-refractivity contribution is 5.15. The molecule has 0 fully saturated rings. The van der Waals surface area contributed by atoms with E-state index in [1.165, 1.54) is 5.56 Å². The number of pyridine rings is 1. The van der Waals surface area contributed by atoms with Crippen LogP contribution in [0.4, 0.5) is 0 Å². The van der Waals surface area contributed by atoms with Crippen LogP contribution in [-0.2, 0) is 13.0 Å². The van der Waals surface area contributed by atoms with E-state index in [4.69, 9.17) is 5.73 Å². The molecule has 1 rings (SSSR count). The molecule has 0 saturated carbocycles. The number of nitrogens with two attached hydrogens (primary N) is 1. The van der Waals surface area contributed by atoms with Gasteiger partial charge in [0, 0.05) is 37.9 Å². The summed E-state index contributed by atoms with van der Waals surface area (Å²) in [5.74, 6) is 0. The van der Waals surface area contributed by atoms with Crippen molar-refractivity contribution in [3.05, 3.63) is 42.2 Å². The van der Waals surface area contributed by atoms with Crippen molar-refractivity contribution in [2.24, 2.45) is 5.73 Å². The average molecular weight is 191 g/mol. The molecule has 0 aliphatic carbocycles. The molecule has 0 aromatic carbocycles. The van der Waals surface area contributed by atoms with Gasteiger partial charge in [0.1, 0.15) is 0 Å². The fourth-order valence-electron chi connectivity index (χ4n) is 1.16. The second kappa shape index (κ2) is 6.29. The van der Waals surface area contributed by atoms with Gasteiger partial charge < -0.3 is 11.1 Å². The van der Waals surface area contributed by atoms with Crippen molar-refractivity contribution in [2.75, 3.05) is 13.1 Å². The summed E-state index contributed by atoms with van der Waals surface area (Å²) in [6.07, 6.45) is 4.58. The summed E-state index contributed by atoms with van der Waals surface area (Å²) in [7, 11) is 0. The van der Waals surface area contributed by atoms with Crippen LogP contribution in [0.3, 0.4) is 0 Å². The second-order valence-corrected chi connectivity index (χ2v) is 3.12. The van der Waals surface area contributed by atoms with Gasteiger partial charge in [0.2, 0.25) is 0 Å². The van der Waals surface area contributed by atoms with Crippen molar-refractivity contribution in [1.29, 1.82) is 0 Å². The monoisotopic (exact) mass is 191 g/mol. The Bertz CT molecular complexity index is 266. The zero-order valence-electron chi connectivity index (χ0n) is 8.37. The molecule has 0 bridgehead atoms. The van der Waals surface area contributed by atoms with E-state index in [1.54, 1.807) is 0 Å². The van der Waals surface area contributed by atoms with Gasteiger partial charge in [-0.05, 0) is 11.6 Å². The molecule has 0 amide bonds. The van der Waals surface area contributed by atoms with E-state index < -0.39 is 0 Å². The smallest absolute Gasteiger partial charge is 0.0441 e. The van der Waals surface area contributed by atoms with Crippen LogP contribution in [0.5, 0.6) is 0 Å². The lowest BCUT2D eigenvalue weighted by Crippen LogP contribution is -2.21. The molecule has 1 aromatic heterocycles. The second-order valence-electron chi connectivity index (χ2n) is 3.12. The summed E-state index contributed by atoms with van der Waals surface area (Å²) in [5.41, 5.74) is 7.61. The number of nitrogens with zero attached hydrogens (tertiary/aromatic N) is 1. The van der Waals surface area contributed by atoms with Gasteiger partial charge in [-0.2, -0.15) is 0 Å². The van der Waals surface area contributed by atoms with Crippen LogP contribution in [0.25, 0.3) is 0 Å². The van der Waals surface area contributed by atoms with Gasteiger partial charge in [0.15, 0.2) is 0 Å². The first-order chi connectivity index (χ1) is 6.86. The summed E-state index contributed by atoms with van der Waals surface area (Å²) in [6, 6.07) is 4.11. The summed E-state index contributed by atoms with van der Waals surface area (Å²) < 4.78 is 0. The highest BCUT2D eigenvalue weighted by Gasteiger charge is 1.93. The van der Waals surface area contributed by atoms with E-state index in [0.717, 1.165) is 25.2 Å². The zero-order valence-corrected chi connectivity index (χ0v) is 8.37. The lowest BCUT2D eigenvalue weighted by atomic mass is 10.2. The Balaban J connectivity index is 2.42. The third-order valence-electron chi connectivity index (χ3n) is 1.89. The van der Waals surface area contributed by atoms with E-state index in [1.807, 2.05) is 18.3 Å². The molecule has 0 spiro atoms. The maximum Gasteiger partial charge on any atom is 0.0441 e. The molecular weight excluding hydrogens is 174 g/mol. The average Bonchev–Trinajstić information content (AvgIpc) is 2.21. The number of rotatable bonds is 6. The van der Waals surface area contributed by atoms with E-state index in [9.17, 15) is 0 Å². The molecule has 1 heterocycles. The highest BCUT2D eigenvalue weighted by atomic mass is 14.9. The third kappa shape index (κ3) is 3.68. The fourth-order valence-corrected chi connectivity index (χ4v) is 1.16. The topological polar surface area (TPSA) is 50.9 Å². The van der Waals surface area contributed by atoms with Crippen LogP contribution in [0, 0.1) is 0 Å². The molecule has 0 unspecified atom stereocenters. The molecule has 0 aliphatic rings. The fraction of sp³-hybridized carbons (Fsp3) is 0.364. The van der Waals surface area contributed by atoms with Gasteiger partial charge in [-0.15, -0.1) is 6.58 Å². The Kier molecular flexibility index (Phi) is 4.89. The van der Waals surface area contributed by atoms with Gasteiger partial charge in [0.05, 0.1) is 0 Å². The normalized spacial score (nSPS) is 10.1. The van der Waals surface area contributed by atoms with Crippen molar-refractivity contribution < 1.29 is 0 Å². The quantitative estimate of drug-likeness (QED) is 0.518. The molecular formula is C11H17N3. The number of hydrogen-bond donors (Lipinski definition) is 2.